The lowest BCUT2D eigenvalue weighted by atomic mass is 9.97. The Balaban J connectivity index is 4.40. The molecule has 0 aliphatic rings. The molecular weight excluding hydrogens is 165 g/mol. The van der Waals surface area contributed by atoms with Crippen LogP contribution in [0.3, 0.4) is 0 Å². The Bertz CT molecular complexity index is 115. The zero-order chi connectivity index (χ0) is 8.58. The van der Waals surface area contributed by atoms with Crippen LogP contribution in [0.15, 0.2) is 0 Å². The molecule has 0 saturated heterocycles. The summed E-state index contributed by atoms with van der Waals surface area (Å²) < 4.78 is 35.9. The summed E-state index contributed by atoms with van der Waals surface area (Å²) >= 11 is 5.22. The molecule has 0 fully saturated rings. The molecule has 10 heavy (non-hydrogen) atoms. The molecule has 0 amide bonds. The van der Waals surface area contributed by atoms with Crippen LogP contribution in [0.25, 0.3) is 0 Å². The fourth-order valence-electron chi connectivity index (χ4n) is 0.327. The molecule has 0 N–H and O–H groups in total. The maximum atomic E-state index is 12.0. The molecule has 0 bridgehead atoms. The molecule has 1 unspecified atom stereocenters. The number of hydrogen-bond acceptors (Lipinski definition) is 0. The zero-order valence-electron chi connectivity index (χ0n) is 6.09. The molecular formula is C6H10ClF3. The minimum atomic E-state index is -4.32. The highest BCUT2D eigenvalue weighted by atomic mass is 35.5. The van der Waals surface area contributed by atoms with Crippen LogP contribution < -0.4 is 0 Å². The van der Waals surface area contributed by atoms with Gasteiger partial charge in [0.2, 0.25) is 0 Å². The Labute approximate surface area is 63.4 Å². The standard InChI is InChI=1S/C6H10ClF3/c1-4(2)5(3,7)6(8,9)10/h4H,1-3H3. The van der Waals surface area contributed by atoms with Crippen molar-refractivity contribution in [3.63, 3.8) is 0 Å². The Kier molecular flexibility index (Phi) is 2.63. The average molecular weight is 175 g/mol. The summed E-state index contributed by atoms with van der Waals surface area (Å²) in [7, 11) is 0. The van der Waals surface area contributed by atoms with E-state index in [-0.39, 0.29) is 0 Å². The van der Waals surface area contributed by atoms with Gasteiger partial charge in [-0.15, -0.1) is 11.6 Å². The van der Waals surface area contributed by atoms with Crippen molar-refractivity contribution in [2.24, 2.45) is 5.92 Å². The summed E-state index contributed by atoms with van der Waals surface area (Å²) in [6.07, 6.45) is -4.32. The molecule has 0 heterocycles. The number of rotatable bonds is 1. The van der Waals surface area contributed by atoms with Gasteiger partial charge in [-0.3, -0.25) is 0 Å². The number of hydrogen-bond donors (Lipinski definition) is 0. The third-order valence-electron chi connectivity index (χ3n) is 1.64. The molecule has 1 atom stereocenters. The van der Waals surface area contributed by atoms with E-state index in [0.29, 0.717) is 0 Å². The van der Waals surface area contributed by atoms with Crippen LogP contribution in [-0.4, -0.2) is 11.1 Å². The first-order valence-electron chi connectivity index (χ1n) is 2.95. The summed E-state index contributed by atoms with van der Waals surface area (Å²) in [5.74, 6) is -0.603. The van der Waals surface area contributed by atoms with Crippen molar-refractivity contribution >= 4 is 11.6 Å². The molecule has 0 nitrogen and oxygen atoms in total. The average Bonchev–Trinajstić information content (AvgIpc) is 1.62. The minimum Gasteiger partial charge on any atom is -0.169 e. The van der Waals surface area contributed by atoms with Crippen molar-refractivity contribution in [2.45, 2.75) is 31.8 Å². The lowest BCUT2D eigenvalue weighted by Gasteiger charge is -2.28. The largest absolute Gasteiger partial charge is 0.407 e. The topological polar surface area (TPSA) is 0 Å². The van der Waals surface area contributed by atoms with E-state index in [1.54, 1.807) is 0 Å². The van der Waals surface area contributed by atoms with Gasteiger partial charge < -0.3 is 0 Å². The normalized spacial score (nSPS) is 19.2. The van der Waals surface area contributed by atoms with Gasteiger partial charge in [0.05, 0.1) is 0 Å². The molecule has 0 rings (SSSR count). The molecule has 0 aromatic heterocycles. The van der Waals surface area contributed by atoms with Crippen molar-refractivity contribution in [1.82, 2.24) is 0 Å². The molecule has 0 aliphatic carbocycles. The first-order chi connectivity index (χ1) is 4.19. The molecule has 62 valence electrons. The van der Waals surface area contributed by atoms with E-state index in [1.165, 1.54) is 13.8 Å². The molecule has 4 heteroatoms. The van der Waals surface area contributed by atoms with Crippen LogP contribution in [0, 0.1) is 5.92 Å². The third-order valence-corrected chi connectivity index (χ3v) is 2.29. The summed E-state index contributed by atoms with van der Waals surface area (Å²) in [5, 5.41) is 0. The summed E-state index contributed by atoms with van der Waals surface area (Å²) in [6.45, 7) is 3.88. The first kappa shape index (κ1) is 10.1. The minimum absolute atomic E-state index is 0.603. The van der Waals surface area contributed by atoms with Crippen LogP contribution in [-0.2, 0) is 0 Å². The van der Waals surface area contributed by atoms with Gasteiger partial charge >= 0.3 is 6.18 Å². The molecule has 0 spiro atoms. The van der Waals surface area contributed by atoms with Gasteiger partial charge in [-0.25, -0.2) is 0 Å². The molecule has 0 radical (unpaired) electrons. The van der Waals surface area contributed by atoms with Crippen molar-refractivity contribution in [1.29, 1.82) is 0 Å². The predicted octanol–water partition coefficient (Wildman–Crippen LogP) is 3.20. The van der Waals surface area contributed by atoms with Crippen LogP contribution in [0.1, 0.15) is 20.8 Å². The quantitative estimate of drug-likeness (QED) is 0.536. The fourth-order valence-corrected chi connectivity index (χ4v) is 0.327. The lowest BCUT2D eigenvalue weighted by molar-refractivity contribution is -0.167. The predicted molar refractivity (Wildman–Crippen MR) is 35.2 cm³/mol. The van der Waals surface area contributed by atoms with Gasteiger partial charge in [0.1, 0.15) is 4.87 Å². The highest BCUT2D eigenvalue weighted by Crippen LogP contribution is 2.41. The van der Waals surface area contributed by atoms with E-state index in [0.717, 1.165) is 6.92 Å². The highest BCUT2D eigenvalue weighted by Gasteiger charge is 2.51. The van der Waals surface area contributed by atoms with Gasteiger partial charge in [-0.05, 0) is 12.8 Å². The van der Waals surface area contributed by atoms with Gasteiger partial charge in [0.15, 0.2) is 0 Å². The summed E-state index contributed by atoms with van der Waals surface area (Å²) in [6, 6.07) is 0. The first-order valence-corrected chi connectivity index (χ1v) is 3.33. The Hall–Kier alpha value is 0.0800. The van der Waals surface area contributed by atoms with Crippen LogP contribution >= 0.6 is 11.6 Å². The van der Waals surface area contributed by atoms with Crippen LogP contribution in [0.4, 0.5) is 13.2 Å². The van der Waals surface area contributed by atoms with Crippen molar-refractivity contribution in [3.8, 4) is 0 Å². The molecule has 0 saturated carbocycles. The van der Waals surface area contributed by atoms with E-state index < -0.39 is 17.0 Å². The van der Waals surface area contributed by atoms with Gasteiger partial charge in [-0.1, -0.05) is 13.8 Å². The Morgan fingerprint density at radius 2 is 1.50 bits per heavy atom. The van der Waals surface area contributed by atoms with Gasteiger partial charge in [0, 0.05) is 0 Å². The van der Waals surface area contributed by atoms with E-state index in [1.807, 2.05) is 0 Å². The van der Waals surface area contributed by atoms with Gasteiger partial charge in [-0.2, -0.15) is 13.2 Å². The maximum Gasteiger partial charge on any atom is 0.407 e. The molecule has 0 aromatic carbocycles. The maximum absolute atomic E-state index is 12.0. The second-order valence-electron chi connectivity index (χ2n) is 2.73. The Morgan fingerprint density at radius 3 is 1.50 bits per heavy atom. The highest BCUT2D eigenvalue weighted by molar-refractivity contribution is 6.24. The summed E-state index contributed by atoms with van der Waals surface area (Å²) in [4.78, 5) is -2.09. The second kappa shape index (κ2) is 2.61. The number of alkyl halides is 4. The van der Waals surface area contributed by atoms with E-state index >= 15 is 0 Å². The van der Waals surface area contributed by atoms with Gasteiger partial charge in [0.25, 0.3) is 0 Å². The van der Waals surface area contributed by atoms with E-state index in [4.69, 9.17) is 11.6 Å². The zero-order valence-corrected chi connectivity index (χ0v) is 6.85. The molecule has 0 aliphatic heterocycles. The summed E-state index contributed by atoms with van der Waals surface area (Å²) in [5.41, 5.74) is 0. The van der Waals surface area contributed by atoms with Crippen LogP contribution in [0.5, 0.6) is 0 Å². The SMILES string of the molecule is CC(C)C(C)(Cl)C(F)(F)F. The van der Waals surface area contributed by atoms with E-state index in [9.17, 15) is 13.2 Å². The fraction of sp³-hybridized carbons (Fsp3) is 1.00. The van der Waals surface area contributed by atoms with E-state index in [2.05, 4.69) is 0 Å². The molecule has 0 aromatic rings. The monoisotopic (exact) mass is 174 g/mol. The smallest absolute Gasteiger partial charge is 0.169 e. The number of halogens is 4. The van der Waals surface area contributed by atoms with Crippen molar-refractivity contribution in [2.75, 3.05) is 0 Å². The third kappa shape index (κ3) is 1.78. The lowest BCUT2D eigenvalue weighted by Crippen LogP contribution is -2.41. The van der Waals surface area contributed by atoms with Crippen LogP contribution in [0.2, 0.25) is 0 Å². The van der Waals surface area contributed by atoms with Crippen molar-refractivity contribution in [3.05, 3.63) is 0 Å². The van der Waals surface area contributed by atoms with Crippen molar-refractivity contribution < 1.29 is 13.2 Å². The second-order valence-corrected chi connectivity index (χ2v) is 3.51. The Morgan fingerprint density at radius 1 is 1.20 bits per heavy atom.